The van der Waals surface area contributed by atoms with Gasteiger partial charge in [-0.1, -0.05) is 11.8 Å². The number of hydrogen-bond acceptors (Lipinski definition) is 6. The summed E-state index contributed by atoms with van der Waals surface area (Å²) in [5, 5.41) is 14.6. The summed E-state index contributed by atoms with van der Waals surface area (Å²) in [6.45, 7) is 2.83. The molecule has 0 spiro atoms. The summed E-state index contributed by atoms with van der Waals surface area (Å²) in [7, 11) is 0. The van der Waals surface area contributed by atoms with Gasteiger partial charge in [-0.2, -0.15) is 0 Å². The Bertz CT molecular complexity index is 1070. The predicted octanol–water partition coefficient (Wildman–Crippen LogP) is 3.26. The molecule has 3 aromatic rings. The number of anilines is 4. The number of nitrogens with one attached hydrogen (secondary N) is 2. The normalized spacial score (nSPS) is 12.5. The Labute approximate surface area is 176 Å². The van der Waals surface area contributed by atoms with Gasteiger partial charge in [-0.3, -0.25) is 14.2 Å². The molecule has 2 amide bonds. The van der Waals surface area contributed by atoms with E-state index in [-0.39, 0.29) is 23.4 Å². The van der Waals surface area contributed by atoms with Crippen LogP contribution in [0.2, 0.25) is 0 Å². The van der Waals surface area contributed by atoms with E-state index in [9.17, 15) is 14.0 Å². The van der Waals surface area contributed by atoms with Crippen molar-refractivity contribution in [2.24, 2.45) is 0 Å². The minimum absolute atomic E-state index is 0.151. The van der Waals surface area contributed by atoms with Crippen molar-refractivity contribution in [2.75, 3.05) is 27.8 Å². The molecule has 2 N–H and O–H groups in total. The van der Waals surface area contributed by atoms with E-state index < -0.39 is 0 Å². The van der Waals surface area contributed by atoms with Crippen LogP contribution in [0.15, 0.2) is 53.7 Å². The minimum Gasteiger partial charge on any atom is -0.326 e. The van der Waals surface area contributed by atoms with E-state index in [2.05, 4.69) is 20.8 Å². The Morgan fingerprint density at radius 3 is 2.33 bits per heavy atom. The fraction of sp³-hybridized carbons (Fsp3) is 0.200. The van der Waals surface area contributed by atoms with Crippen LogP contribution in [-0.4, -0.2) is 38.9 Å². The molecule has 1 aromatic heterocycles. The van der Waals surface area contributed by atoms with E-state index >= 15 is 0 Å². The summed E-state index contributed by atoms with van der Waals surface area (Å²) in [5.41, 5.74) is 2.16. The second-order valence-corrected chi connectivity index (χ2v) is 7.60. The molecule has 0 saturated carbocycles. The van der Waals surface area contributed by atoms with E-state index in [4.69, 9.17) is 0 Å². The van der Waals surface area contributed by atoms with Crippen molar-refractivity contribution >= 4 is 46.6 Å². The third-order valence-electron chi connectivity index (χ3n) is 4.45. The Balaban J connectivity index is 1.35. The number of benzene rings is 2. The van der Waals surface area contributed by atoms with Crippen LogP contribution in [0.4, 0.5) is 27.4 Å². The van der Waals surface area contributed by atoms with Crippen LogP contribution in [0.25, 0.3) is 0 Å². The molecule has 0 unspecified atom stereocenters. The lowest BCUT2D eigenvalue weighted by atomic mass is 10.3. The van der Waals surface area contributed by atoms with Crippen molar-refractivity contribution in [1.29, 1.82) is 0 Å². The average molecular weight is 426 g/mol. The third kappa shape index (κ3) is 4.43. The van der Waals surface area contributed by atoms with Crippen LogP contribution >= 0.6 is 11.8 Å². The van der Waals surface area contributed by atoms with Crippen LogP contribution < -0.4 is 15.5 Å². The van der Waals surface area contributed by atoms with Gasteiger partial charge in [0.2, 0.25) is 17.8 Å². The highest BCUT2D eigenvalue weighted by Gasteiger charge is 2.26. The Hall–Kier alpha value is -3.40. The highest BCUT2D eigenvalue weighted by molar-refractivity contribution is 7.99. The van der Waals surface area contributed by atoms with E-state index in [0.717, 1.165) is 5.69 Å². The average Bonchev–Trinajstić information content (AvgIpc) is 3.31. The number of amides is 2. The smallest absolute Gasteiger partial charge is 0.234 e. The first-order chi connectivity index (χ1) is 14.5. The van der Waals surface area contributed by atoms with Gasteiger partial charge >= 0.3 is 0 Å². The molecular formula is C20H19FN6O2S. The molecule has 1 aliphatic heterocycles. The number of carbonyl (C=O) groups excluding carboxylic acids is 2. The number of halogens is 1. The summed E-state index contributed by atoms with van der Waals surface area (Å²) >= 11 is 1.30. The Kier molecular flexibility index (Phi) is 5.66. The number of nitrogens with zero attached hydrogens (tertiary/aromatic N) is 4. The lowest BCUT2D eigenvalue weighted by Gasteiger charge is -2.14. The number of rotatable bonds is 6. The molecule has 0 bridgehead atoms. The number of aromatic nitrogens is 3. The zero-order valence-corrected chi connectivity index (χ0v) is 16.9. The Morgan fingerprint density at radius 2 is 1.67 bits per heavy atom. The first-order valence-corrected chi connectivity index (χ1v) is 10.2. The lowest BCUT2D eigenvalue weighted by Crippen LogP contribution is -2.15. The maximum Gasteiger partial charge on any atom is 0.234 e. The highest BCUT2D eigenvalue weighted by atomic mass is 32.2. The van der Waals surface area contributed by atoms with Crippen molar-refractivity contribution in [2.45, 2.75) is 18.6 Å². The van der Waals surface area contributed by atoms with E-state index in [0.29, 0.717) is 35.6 Å². The number of carbonyl (C=O) groups is 2. The highest BCUT2D eigenvalue weighted by Crippen LogP contribution is 2.32. The fourth-order valence-electron chi connectivity index (χ4n) is 3.12. The maximum atomic E-state index is 13.2. The fourth-order valence-corrected chi connectivity index (χ4v) is 3.88. The van der Waals surface area contributed by atoms with Gasteiger partial charge < -0.3 is 15.5 Å². The van der Waals surface area contributed by atoms with Crippen LogP contribution in [0.5, 0.6) is 0 Å². The van der Waals surface area contributed by atoms with Crippen molar-refractivity contribution in [3.05, 3.63) is 54.3 Å². The molecular weight excluding hydrogens is 407 g/mol. The van der Waals surface area contributed by atoms with E-state index in [1.54, 1.807) is 36.4 Å². The molecule has 0 atom stereocenters. The molecule has 0 fully saturated rings. The minimum atomic E-state index is -0.286. The van der Waals surface area contributed by atoms with Gasteiger partial charge in [-0.25, -0.2) is 4.39 Å². The van der Waals surface area contributed by atoms with Crippen LogP contribution in [0, 0.1) is 5.82 Å². The van der Waals surface area contributed by atoms with Crippen molar-refractivity contribution < 1.29 is 14.0 Å². The van der Waals surface area contributed by atoms with Crippen molar-refractivity contribution in [1.82, 2.24) is 14.8 Å². The summed E-state index contributed by atoms with van der Waals surface area (Å²) < 4.78 is 15.1. The van der Waals surface area contributed by atoms with Gasteiger partial charge in [0.15, 0.2) is 5.16 Å². The van der Waals surface area contributed by atoms with Crippen LogP contribution in [-0.2, 0) is 16.1 Å². The second-order valence-electron chi connectivity index (χ2n) is 6.66. The molecule has 154 valence electrons. The SMILES string of the molecule is CC(=O)Nc1ccc(NC(=O)CSc2nnc3n2CCN3c2ccc(F)cc2)cc1. The first kappa shape index (κ1) is 19.9. The molecule has 0 radical (unpaired) electrons. The zero-order valence-electron chi connectivity index (χ0n) is 16.1. The maximum absolute atomic E-state index is 13.2. The summed E-state index contributed by atoms with van der Waals surface area (Å²) in [6, 6.07) is 13.1. The second kappa shape index (κ2) is 8.54. The monoisotopic (exact) mass is 426 g/mol. The van der Waals surface area contributed by atoms with Gasteiger partial charge in [0.25, 0.3) is 0 Å². The molecule has 1 aliphatic rings. The van der Waals surface area contributed by atoms with Gasteiger partial charge in [0.1, 0.15) is 5.82 Å². The molecule has 0 aliphatic carbocycles. The van der Waals surface area contributed by atoms with Crippen molar-refractivity contribution in [3.8, 4) is 0 Å². The predicted molar refractivity (Wildman–Crippen MR) is 114 cm³/mol. The standard InChI is InChI=1S/C20H19FN6O2S/c1-13(28)22-15-4-6-16(7-5-15)23-18(29)12-30-20-25-24-19-26(10-11-27(19)20)17-8-2-14(21)3-9-17/h2-9H,10-12H2,1H3,(H,22,28)(H,23,29). The van der Waals surface area contributed by atoms with Gasteiger partial charge in [-0.15, -0.1) is 10.2 Å². The van der Waals surface area contributed by atoms with Crippen LogP contribution in [0.3, 0.4) is 0 Å². The topological polar surface area (TPSA) is 92.1 Å². The molecule has 0 saturated heterocycles. The molecule has 4 rings (SSSR count). The summed E-state index contributed by atoms with van der Waals surface area (Å²) in [6.07, 6.45) is 0. The largest absolute Gasteiger partial charge is 0.326 e. The number of hydrogen-bond donors (Lipinski definition) is 2. The molecule has 10 heteroatoms. The van der Waals surface area contributed by atoms with E-state index in [1.165, 1.54) is 30.8 Å². The van der Waals surface area contributed by atoms with E-state index in [1.807, 2.05) is 9.47 Å². The summed E-state index contributed by atoms with van der Waals surface area (Å²) in [4.78, 5) is 25.3. The third-order valence-corrected chi connectivity index (χ3v) is 5.41. The molecule has 2 aromatic carbocycles. The zero-order chi connectivity index (χ0) is 21.1. The lowest BCUT2D eigenvalue weighted by molar-refractivity contribution is -0.114. The van der Waals surface area contributed by atoms with Crippen molar-refractivity contribution in [3.63, 3.8) is 0 Å². The number of fused-ring (bicyclic) bond motifs is 1. The quantitative estimate of drug-likeness (QED) is 0.588. The number of thioether (sulfide) groups is 1. The molecule has 30 heavy (non-hydrogen) atoms. The van der Waals surface area contributed by atoms with Gasteiger partial charge in [-0.05, 0) is 48.5 Å². The summed E-state index contributed by atoms with van der Waals surface area (Å²) in [5.74, 6) is 0.256. The first-order valence-electron chi connectivity index (χ1n) is 9.26. The van der Waals surface area contributed by atoms with Crippen LogP contribution in [0.1, 0.15) is 6.92 Å². The Morgan fingerprint density at radius 1 is 1.00 bits per heavy atom. The molecule has 8 nitrogen and oxygen atoms in total. The van der Waals surface area contributed by atoms with Gasteiger partial charge in [0, 0.05) is 37.1 Å². The molecule has 2 heterocycles. The van der Waals surface area contributed by atoms with Gasteiger partial charge in [0.05, 0.1) is 5.75 Å².